The number of Topliss-reactive ketones (excluding diaryl/α,β-unsaturated/α-hetero) is 1. The molecule has 1 fully saturated rings. The number of benzene rings is 1. The SMILES string of the molecule is COCCn1ncc2cc(CC(=O)c3oc(N4CCCC(C)C4)nc3C(F)(F)F)ccc21. The van der Waals surface area contributed by atoms with Crippen molar-refractivity contribution in [2.45, 2.75) is 38.9 Å². The van der Waals surface area contributed by atoms with Gasteiger partial charge in [0.15, 0.2) is 5.69 Å². The predicted octanol–water partition coefficient (Wildman–Crippen LogP) is 4.35. The number of carbonyl (C=O) groups is 1. The number of hydrogen-bond donors (Lipinski definition) is 0. The molecule has 10 heteroatoms. The van der Waals surface area contributed by atoms with E-state index >= 15 is 0 Å². The summed E-state index contributed by atoms with van der Waals surface area (Å²) in [6.07, 6.45) is -1.51. The molecule has 0 radical (unpaired) electrons. The Kier molecular flexibility index (Phi) is 6.23. The largest absolute Gasteiger partial charge is 0.437 e. The Labute approximate surface area is 183 Å². The van der Waals surface area contributed by atoms with E-state index in [4.69, 9.17) is 9.15 Å². The Morgan fingerprint density at radius 2 is 2.16 bits per heavy atom. The molecule has 1 atom stereocenters. The van der Waals surface area contributed by atoms with Crippen LogP contribution in [0.15, 0.2) is 28.8 Å². The topological polar surface area (TPSA) is 73.4 Å². The van der Waals surface area contributed by atoms with Gasteiger partial charge in [-0.3, -0.25) is 9.48 Å². The summed E-state index contributed by atoms with van der Waals surface area (Å²) < 4.78 is 53.1. The lowest BCUT2D eigenvalue weighted by molar-refractivity contribution is -0.141. The molecule has 7 nitrogen and oxygen atoms in total. The van der Waals surface area contributed by atoms with Crippen molar-refractivity contribution in [2.24, 2.45) is 5.92 Å². The van der Waals surface area contributed by atoms with Crippen molar-refractivity contribution in [1.82, 2.24) is 14.8 Å². The number of ether oxygens (including phenoxy) is 1. The van der Waals surface area contributed by atoms with Crippen LogP contribution in [0.25, 0.3) is 10.9 Å². The molecule has 0 spiro atoms. The molecule has 1 aliphatic rings. The van der Waals surface area contributed by atoms with E-state index in [0.717, 1.165) is 23.7 Å². The minimum absolute atomic E-state index is 0.137. The number of alkyl halides is 3. The molecule has 1 aliphatic heterocycles. The second-order valence-electron chi connectivity index (χ2n) is 8.22. The van der Waals surface area contributed by atoms with Crippen LogP contribution in [0.2, 0.25) is 0 Å². The predicted molar refractivity (Wildman–Crippen MR) is 112 cm³/mol. The number of oxazole rings is 1. The maximum absolute atomic E-state index is 13.6. The van der Waals surface area contributed by atoms with E-state index in [2.05, 4.69) is 10.1 Å². The van der Waals surface area contributed by atoms with E-state index in [9.17, 15) is 18.0 Å². The van der Waals surface area contributed by atoms with Crippen LogP contribution in [0.1, 0.15) is 41.6 Å². The number of hydrogen-bond acceptors (Lipinski definition) is 6. The molecule has 172 valence electrons. The number of fused-ring (bicyclic) bond motifs is 1. The summed E-state index contributed by atoms with van der Waals surface area (Å²) in [5.41, 5.74) is 0.172. The maximum atomic E-state index is 13.6. The lowest BCUT2D eigenvalue weighted by atomic mass is 10.0. The molecular weight excluding hydrogens is 425 g/mol. The van der Waals surface area contributed by atoms with Gasteiger partial charge in [-0.2, -0.15) is 23.3 Å². The van der Waals surface area contributed by atoms with Crippen LogP contribution in [0, 0.1) is 5.92 Å². The lowest BCUT2D eigenvalue weighted by Crippen LogP contribution is -2.34. The molecule has 1 unspecified atom stereocenters. The summed E-state index contributed by atoms with van der Waals surface area (Å²) in [5.74, 6) is -1.17. The van der Waals surface area contributed by atoms with Crippen molar-refractivity contribution in [3.05, 3.63) is 41.4 Å². The van der Waals surface area contributed by atoms with E-state index in [1.165, 1.54) is 0 Å². The molecule has 0 N–H and O–H groups in total. The highest BCUT2D eigenvalue weighted by Crippen LogP contribution is 2.35. The number of aromatic nitrogens is 3. The van der Waals surface area contributed by atoms with E-state index in [0.29, 0.717) is 37.7 Å². The van der Waals surface area contributed by atoms with Crippen molar-refractivity contribution in [1.29, 1.82) is 0 Å². The monoisotopic (exact) mass is 450 g/mol. The number of methoxy groups -OCH3 is 1. The molecule has 0 bridgehead atoms. The Morgan fingerprint density at radius 3 is 2.88 bits per heavy atom. The molecule has 0 saturated carbocycles. The van der Waals surface area contributed by atoms with Gasteiger partial charge in [-0.05, 0) is 36.5 Å². The zero-order valence-corrected chi connectivity index (χ0v) is 18.0. The first-order valence-corrected chi connectivity index (χ1v) is 10.6. The first kappa shape index (κ1) is 22.3. The normalized spacial score (nSPS) is 17.3. The standard InChI is InChI=1S/C22H25F3N4O3/c1-14-4-3-7-28(13-14)21-27-20(22(23,24)25)19(32-21)18(30)11-15-5-6-17-16(10-15)12-26-29(17)8-9-31-2/h5-6,10,12,14H,3-4,7-9,11,13H2,1-2H3. The fraction of sp³-hybridized carbons (Fsp3) is 0.500. The van der Waals surface area contributed by atoms with Crippen molar-refractivity contribution in [3.8, 4) is 0 Å². The van der Waals surface area contributed by atoms with Gasteiger partial charge in [0, 0.05) is 32.0 Å². The average molecular weight is 450 g/mol. The highest BCUT2D eigenvalue weighted by molar-refractivity contribution is 5.97. The minimum Gasteiger partial charge on any atom is -0.420 e. The van der Waals surface area contributed by atoms with Crippen LogP contribution in [-0.2, 0) is 23.9 Å². The van der Waals surface area contributed by atoms with Crippen LogP contribution < -0.4 is 4.90 Å². The Bertz CT molecular complexity index is 1110. The highest BCUT2D eigenvalue weighted by atomic mass is 19.4. The summed E-state index contributed by atoms with van der Waals surface area (Å²) in [6, 6.07) is 5.12. The smallest absolute Gasteiger partial charge is 0.420 e. The number of ketones is 1. The van der Waals surface area contributed by atoms with Gasteiger partial charge in [0.2, 0.25) is 11.5 Å². The summed E-state index contributed by atoms with van der Waals surface area (Å²) in [4.78, 5) is 18.2. The molecule has 0 aliphatic carbocycles. The number of carbonyl (C=O) groups excluding carboxylic acids is 1. The van der Waals surface area contributed by atoms with Gasteiger partial charge in [-0.15, -0.1) is 0 Å². The van der Waals surface area contributed by atoms with Crippen LogP contribution in [-0.4, -0.2) is 47.4 Å². The minimum atomic E-state index is -4.78. The zero-order valence-electron chi connectivity index (χ0n) is 18.0. The van der Waals surface area contributed by atoms with Crippen molar-refractivity contribution >= 4 is 22.7 Å². The third-order valence-electron chi connectivity index (χ3n) is 5.64. The number of halogens is 3. The summed E-state index contributed by atoms with van der Waals surface area (Å²) in [7, 11) is 1.60. The van der Waals surface area contributed by atoms with Crippen molar-refractivity contribution in [2.75, 3.05) is 31.7 Å². The molecule has 2 aromatic heterocycles. The lowest BCUT2D eigenvalue weighted by Gasteiger charge is -2.29. The molecule has 4 rings (SSSR count). The molecule has 3 aromatic rings. The van der Waals surface area contributed by atoms with Gasteiger partial charge in [-0.25, -0.2) is 0 Å². The Balaban J connectivity index is 1.58. The molecule has 0 amide bonds. The fourth-order valence-corrected chi connectivity index (χ4v) is 4.06. The van der Waals surface area contributed by atoms with E-state index in [-0.39, 0.29) is 12.4 Å². The van der Waals surface area contributed by atoms with Crippen molar-refractivity contribution < 1.29 is 27.1 Å². The van der Waals surface area contributed by atoms with Gasteiger partial charge in [0.25, 0.3) is 6.01 Å². The Morgan fingerprint density at radius 1 is 1.34 bits per heavy atom. The van der Waals surface area contributed by atoms with E-state index in [1.807, 2.05) is 6.92 Å². The van der Waals surface area contributed by atoms with Gasteiger partial charge >= 0.3 is 6.18 Å². The third-order valence-corrected chi connectivity index (χ3v) is 5.64. The number of rotatable bonds is 7. The Hall–Kier alpha value is -2.88. The molecule has 1 saturated heterocycles. The third kappa shape index (κ3) is 4.64. The first-order valence-electron chi connectivity index (χ1n) is 10.6. The first-order chi connectivity index (χ1) is 15.3. The van der Waals surface area contributed by atoms with Crippen LogP contribution >= 0.6 is 0 Å². The summed E-state index contributed by atoms with van der Waals surface area (Å²) in [5, 5.41) is 5.08. The van der Waals surface area contributed by atoms with Crippen LogP contribution in [0.3, 0.4) is 0 Å². The maximum Gasteiger partial charge on any atom is 0.437 e. The van der Waals surface area contributed by atoms with Crippen LogP contribution in [0.5, 0.6) is 0 Å². The van der Waals surface area contributed by atoms with Gasteiger partial charge in [-0.1, -0.05) is 13.0 Å². The molecule has 3 heterocycles. The second-order valence-corrected chi connectivity index (χ2v) is 8.22. The second kappa shape index (κ2) is 8.93. The quantitative estimate of drug-likeness (QED) is 0.499. The van der Waals surface area contributed by atoms with E-state index < -0.39 is 23.4 Å². The molecular formula is C22H25F3N4O3. The zero-order chi connectivity index (χ0) is 22.9. The van der Waals surface area contributed by atoms with Gasteiger partial charge in [0.1, 0.15) is 0 Å². The average Bonchev–Trinajstić information content (AvgIpc) is 3.37. The van der Waals surface area contributed by atoms with Gasteiger partial charge in [0.05, 0.1) is 24.9 Å². The number of nitrogens with zero attached hydrogens (tertiary/aromatic N) is 4. The van der Waals surface area contributed by atoms with Crippen LogP contribution in [0.4, 0.5) is 19.2 Å². The highest BCUT2D eigenvalue weighted by Gasteiger charge is 2.42. The summed E-state index contributed by atoms with van der Waals surface area (Å²) in [6.45, 7) is 4.21. The molecule has 32 heavy (non-hydrogen) atoms. The summed E-state index contributed by atoms with van der Waals surface area (Å²) >= 11 is 0. The number of anilines is 1. The van der Waals surface area contributed by atoms with E-state index in [1.54, 1.807) is 41.1 Å². The van der Waals surface area contributed by atoms with Crippen molar-refractivity contribution in [3.63, 3.8) is 0 Å². The molecule has 1 aromatic carbocycles. The van der Waals surface area contributed by atoms with Gasteiger partial charge < -0.3 is 14.1 Å². The number of piperidine rings is 1. The fourth-order valence-electron chi connectivity index (χ4n) is 4.06.